The highest BCUT2D eigenvalue weighted by molar-refractivity contribution is 5.92. The van der Waals surface area contributed by atoms with Crippen LogP contribution in [-0.2, 0) is 11.3 Å². The number of carbonyl (C=O) groups excluding carboxylic acids is 1. The van der Waals surface area contributed by atoms with Crippen LogP contribution in [0.3, 0.4) is 0 Å². The normalized spacial score (nSPS) is 15.9. The molecule has 0 radical (unpaired) electrons. The SMILES string of the molecule is Cc1cc(COC2CCC2)oc1C(=O)NN. The maximum atomic E-state index is 11.3. The molecule has 16 heavy (non-hydrogen) atoms. The lowest BCUT2D eigenvalue weighted by molar-refractivity contribution is -0.0159. The first-order valence-electron chi connectivity index (χ1n) is 5.42. The lowest BCUT2D eigenvalue weighted by Crippen LogP contribution is -2.30. The van der Waals surface area contributed by atoms with Crippen LogP contribution in [0.4, 0.5) is 0 Å². The first kappa shape index (κ1) is 11.2. The van der Waals surface area contributed by atoms with Crippen molar-refractivity contribution in [1.82, 2.24) is 5.43 Å². The summed E-state index contributed by atoms with van der Waals surface area (Å²) in [5.74, 6) is 5.56. The molecule has 0 aromatic carbocycles. The van der Waals surface area contributed by atoms with E-state index < -0.39 is 5.91 Å². The summed E-state index contributed by atoms with van der Waals surface area (Å²) in [6, 6.07) is 1.81. The van der Waals surface area contributed by atoms with Crippen molar-refractivity contribution < 1.29 is 13.9 Å². The molecule has 1 fully saturated rings. The average molecular weight is 224 g/mol. The van der Waals surface area contributed by atoms with Crippen molar-refractivity contribution in [3.05, 3.63) is 23.2 Å². The third-order valence-corrected chi connectivity index (χ3v) is 2.82. The van der Waals surface area contributed by atoms with E-state index in [1.807, 2.05) is 11.5 Å². The highest BCUT2D eigenvalue weighted by atomic mass is 16.5. The highest BCUT2D eigenvalue weighted by Crippen LogP contribution is 2.24. The second-order valence-corrected chi connectivity index (χ2v) is 4.06. The van der Waals surface area contributed by atoms with E-state index in [1.54, 1.807) is 6.92 Å². The Balaban J connectivity index is 1.96. The van der Waals surface area contributed by atoms with Gasteiger partial charge in [-0.25, -0.2) is 5.84 Å². The van der Waals surface area contributed by atoms with E-state index in [1.165, 1.54) is 6.42 Å². The van der Waals surface area contributed by atoms with Gasteiger partial charge in [0.2, 0.25) is 0 Å². The minimum Gasteiger partial charge on any atom is -0.453 e. The van der Waals surface area contributed by atoms with Gasteiger partial charge in [0.05, 0.1) is 6.10 Å². The molecular formula is C11H16N2O3. The molecule has 0 spiro atoms. The largest absolute Gasteiger partial charge is 0.453 e. The number of nitrogens with one attached hydrogen (secondary N) is 1. The fourth-order valence-electron chi connectivity index (χ4n) is 1.65. The molecule has 0 atom stereocenters. The molecule has 0 unspecified atom stereocenters. The van der Waals surface area contributed by atoms with Crippen molar-refractivity contribution in [1.29, 1.82) is 0 Å². The minimum atomic E-state index is -0.410. The van der Waals surface area contributed by atoms with Gasteiger partial charge in [-0.2, -0.15) is 0 Å². The molecule has 1 saturated carbocycles. The zero-order valence-corrected chi connectivity index (χ0v) is 9.29. The van der Waals surface area contributed by atoms with Gasteiger partial charge in [-0.3, -0.25) is 10.2 Å². The first-order chi connectivity index (χ1) is 7.70. The van der Waals surface area contributed by atoms with E-state index in [0.29, 0.717) is 18.5 Å². The number of carbonyl (C=O) groups is 1. The van der Waals surface area contributed by atoms with Gasteiger partial charge in [0.25, 0.3) is 0 Å². The van der Waals surface area contributed by atoms with Gasteiger partial charge in [0.1, 0.15) is 12.4 Å². The predicted octanol–water partition coefficient (Wildman–Crippen LogP) is 1.26. The Hall–Kier alpha value is -1.33. The smallest absolute Gasteiger partial charge is 0.301 e. The zero-order chi connectivity index (χ0) is 11.5. The summed E-state index contributed by atoms with van der Waals surface area (Å²) in [6.45, 7) is 2.23. The molecule has 5 heteroatoms. The molecule has 5 nitrogen and oxygen atoms in total. The Morgan fingerprint density at radius 3 is 3.00 bits per heavy atom. The Morgan fingerprint density at radius 1 is 1.69 bits per heavy atom. The lowest BCUT2D eigenvalue weighted by Gasteiger charge is -2.24. The van der Waals surface area contributed by atoms with E-state index in [2.05, 4.69) is 0 Å². The van der Waals surface area contributed by atoms with Gasteiger partial charge in [0, 0.05) is 5.56 Å². The van der Waals surface area contributed by atoms with Gasteiger partial charge >= 0.3 is 5.91 Å². The van der Waals surface area contributed by atoms with Crippen molar-refractivity contribution in [3.8, 4) is 0 Å². The molecule has 88 valence electrons. The lowest BCUT2D eigenvalue weighted by atomic mass is 9.96. The van der Waals surface area contributed by atoms with E-state index in [4.69, 9.17) is 15.0 Å². The Morgan fingerprint density at radius 2 is 2.44 bits per heavy atom. The summed E-state index contributed by atoms with van der Waals surface area (Å²) >= 11 is 0. The van der Waals surface area contributed by atoms with Crippen LogP contribution in [-0.4, -0.2) is 12.0 Å². The van der Waals surface area contributed by atoms with Crippen LogP contribution in [0.1, 0.15) is 41.1 Å². The van der Waals surface area contributed by atoms with Crippen molar-refractivity contribution in [2.75, 3.05) is 0 Å². The number of ether oxygens (including phenoxy) is 1. The second-order valence-electron chi connectivity index (χ2n) is 4.06. The Bertz CT molecular complexity index is 383. The van der Waals surface area contributed by atoms with Crippen molar-refractivity contribution >= 4 is 5.91 Å². The number of hydrazine groups is 1. The van der Waals surface area contributed by atoms with Crippen molar-refractivity contribution in [3.63, 3.8) is 0 Å². The summed E-state index contributed by atoms with van der Waals surface area (Å²) < 4.78 is 11.0. The number of nitrogens with two attached hydrogens (primary N) is 1. The average Bonchev–Trinajstić information content (AvgIpc) is 2.56. The standard InChI is InChI=1S/C11H16N2O3/c1-7-5-9(6-15-8-3-2-4-8)16-10(7)11(14)13-12/h5,8H,2-4,6,12H2,1H3,(H,13,14). The quantitative estimate of drug-likeness (QED) is 0.458. The fourth-order valence-corrected chi connectivity index (χ4v) is 1.65. The van der Waals surface area contributed by atoms with E-state index in [0.717, 1.165) is 18.4 Å². The van der Waals surface area contributed by atoms with Gasteiger partial charge in [-0.05, 0) is 32.3 Å². The van der Waals surface area contributed by atoms with Crippen LogP contribution in [0.15, 0.2) is 10.5 Å². The van der Waals surface area contributed by atoms with Crippen LogP contribution in [0.5, 0.6) is 0 Å². The van der Waals surface area contributed by atoms with E-state index >= 15 is 0 Å². The number of furan rings is 1. The van der Waals surface area contributed by atoms with Crippen LogP contribution >= 0.6 is 0 Å². The Kier molecular flexibility index (Phi) is 3.26. The summed E-state index contributed by atoms with van der Waals surface area (Å²) in [7, 11) is 0. The molecule has 0 aliphatic heterocycles. The molecule has 0 saturated heterocycles. The fraction of sp³-hybridized carbons (Fsp3) is 0.545. The number of hydrogen-bond donors (Lipinski definition) is 2. The highest BCUT2D eigenvalue weighted by Gasteiger charge is 2.19. The molecule has 1 aliphatic carbocycles. The predicted molar refractivity (Wildman–Crippen MR) is 57.5 cm³/mol. The molecule has 1 heterocycles. The molecule has 1 aromatic heterocycles. The summed E-state index contributed by atoms with van der Waals surface area (Å²) in [5, 5.41) is 0. The van der Waals surface area contributed by atoms with Crippen LogP contribution in [0.25, 0.3) is 0 Å². The van der Waals surface area contributed by atoms with Crippen molar-refractivity contribution in [2.45, 2.75) is 38.9 Å². The molecule has 0 bridgehead atoms. The molecule has 3 N–H and O–H groups in total. The van der Waals surface area contributed by atoms with Gasteiger partial charge in [-0.15, -0.1) is 0 Å². The first-order valence-corrected chi connectivity index (χ1v) is 5.42. The maximum Gasteiger partial charge on any atom is 0.301 e. The molecule has 1 aromatic rings. The zero-order valence-electron chi connectivity index (χ0n) is 9.29. The molecule has 1 aliphatic rings. The number of nitrogen functional groups attached to an aromatic ring is 1. The molecule has 1 amide bonds. The minimum absolute atomic E-state index is 0.259. The third kappa shape index (κ3) is 2.25. The van der Waals surface area contributed by atoms with Crippen LogP contribution < -0.4 is 11.3 Å². The molecular weight excluding hydrogens is 208 g/mol. The Labute approximate surface area is 93.9 Å². The number of rotatable bonds is 4. The van der Waals surface area contributed by atoms with E-state index in [9.17, 15) is 4.79 Å². The second kappa shape index (κ2) is 4.67. The van der Waals surface area contributed by atoms with Gasteiger partial charge in [0.15, 0.2) is 5.76 Å². The summed E-state index contributed by atoms with van der Waals surface area (Å²) in [4.78, 5) is 11.3. The molecule has 2 rings (SSSR count). The number of aryl methyl sites for hydroxylation is 1. The summed E-state index contributed by atoms with van der Waals surface area (Å²) in [5.41, 5.74) is 2.82. The summed E-state index contributed by atoms with van der Waals surface area (Å²) in [6.07, 6.45) is 3.84. The topological polar surface area (TPSA) is 77.5 Å². The maximum absolute atomic E-state index is 11.3. The van der Waals surface area contributed by atoms with Crippen LogP contribution in [0.2, 0.25) is 0 Å². The monoisotopic (exact) mass is 224 g/mol. The van der Waals surface area contributed by atoms with Crippen molar-refractivity contribution in [2.24, 2.45) is 5.84 Å². The van der Waals surface area contributed by atoms with Gasteiger partial charge < -0.3 is 9.15 Å². The van der Waals surface area contributed by atoms with Crippen LogP contribution in [0, 0.1) is 6.92 Å². The number of amides is 1. The van der Waals surface area contributed by atoms with Gasteiger partial charge in [-0.1, -0.05) is 0 Å². The third-order valence-electron chi connectivity index (χ3n) is 2.82. The number of hydrogen-bond acceptors (Lipinski definition) is 4. The van der Waals surface area contributed by atoms with E-state index in [-0.39, 0.29) is 5.76 Å².